The first-order valence-electron chi connectivity index (χ1n) is 13.4. The molecule has 5 nitrogen and oxygen atoms in total. The monoisotopic (exact) mass is 552 g/mol. The van der Waals surface area contributed by atoms with Crippen molar-refractivity contribution in [3.05, 3.63) is 93.5 Å². The van der Waals surface area contributed by atoms with E-state index in [2.05, 4.69) is 45.4 Å². The quantitative estimate of drug-likeness (QED) is 0.182. The maximum atomic E-state index is 12.4. The van der Waals surface area contributed by atoms with Gasteiger partial charge >= 0.3 is 5.97 Å². The molecule has 0 radical (unpaired) electrons. The van der Waals surface area contributed by atoms with Gasteiger partial charge in [-0.05, 0) is 47.8 Å². The van der Waals surface area contributed by atoms with E-state index < -0.39 is 14.3 Å². The Morgan fingerprint density at radius 3 is 2.37 bits per heavy atom. The Morgan fingerprint density at radius 2 is 1.76 bits per heavy atom. The van der Waals surface area contributed by atoms with Gasteiger partial charge in [-0.15, -0.1) is 0 Å². The maximum Gasteiger partial charge on any atom is 0.331 e. The van der Waals surface area contributed by atoms with Gasteiger partial charge in [-0.25, -0.2) is 9.78 Å². The number of nitrogens with zero attached hydrogens (tertiary/aromatic N) is 2. The van der Waals surface area contributed by atoms with E-state index in [0.717, 1.165) is 47.6 Å². The molecule has 3 aromatic rings. The van der Waals surface area contributed by atoms with Crippen LogP contribution in [-0.4, -0.2) is 28.9 Å². The molecule has 0 spiro atoms. The van der Waals surface area contributed by atoms with Crippen molar-refractivity contribution in [2.24, 2.45) is 0 Å². The molecule has 1 aromatic heterocycles. The van der Waals surface area contributed by atoms with Crippen molar-refractivity contribution in [2.45, 2.75) is 84.7 Å². The number of imidazole rings is 1. The second-order valence-electron chi connectivity index (χ2n) is 11.3. The van der Waals surface area contributed by atoms with E-state index in [1.54, 1.807) is 6.08 Å². The number of hydrogen-bond acceptors (Lipinski definition) is 3. The summed E-state index contributed by atoms with van der Waals surface area (Å²) in [4.78, 5) is 17.5. The number of unbranched alkanes of at least 4 members (excludes halogenated alkanes) is 1. The van der Waals surface area contributed by atoms with Crippen LogP contribution in [-0.2, 0) is 35.2 Å². The maximum absolute atomic E-state index is 12.4. The Hall–Kier alpha value is -2.67. The van der Waals surface area contributed by atoms with Gasteiger partial charge in [-0.1, -0.05) is 94.2 Å². The Bertz CT molecular complexity index is 1260. The zero-order valence-corrected chi connectivity index (χ0v) is 25.3. The highest BCUT2D eigenvalue weighted by atomic mass is 35.5. The summed E-state index contributed by atoms with van der Waals surface area (Å²) in [6.07, 6.45) is 4.93. The lowest BCUT2D eigenvalue weighted by molar-refractivity contribution is -0.132. The van der Waals surface area contributed by atoms with Gasteiger partial charge in [0.25, 0.3) is 0 Å². The third-order valence-corrected chi connectivity index (χ3v) is 12.2. The van der Waals surface area contributed by atoms with E-state index in [1.807, 2.05) is 54.6 Å². The van der Waals surface area contributed by atoms with Crippen LogP contribution >= 0.6 is 11.6 Å². The van der Waals surface area contributed by atoms with E-state index >= 15 is 0 Å². The minimum atomic E-state index is -2.06. The van der Waals surface area contributed by atoms with Gasteiger partial charge in [-0.3, -0.25) is 0 Å². The lowest BCUT2D eigenvalue weighted by atomic mass is 10.0. The molecule has 0 aliphatic carbocycles. The summed E-state index contributed by atoms with van der Waals surface area (Å²) in [6, 6.07) is 17.5. The fourth-order valence-corrected chi connectivity index (χ4v) is 5.10. The van der Waals surface area contributed by atoms with Gasteiger partial charge in [0.1, 0.15) is 5.82 Å². The van der Waals surface area contributed by atoms with Crippen LogP contribution in [0.15, 0.2) is 60.2 Å². The second-order valence-corrected chi connectivity index (χ2v) is 16.5. The van der Waals surface area contributed by atoms with Gasteiger partial charge in [0, 0.05) is 23.4 Å². The number of carboxylic acids is 1. The van der Waals surface area contributed by atoms with Gasteiger partial charge in [0.05, 0.1) is 24.5 Å². The number of hydrogen-bond donors (Lipinski definition) is 1. The predicted molar refractivity (Wildman–Crippen MR) is 159 cm³/mol. The average Bonchev–Trinajstić information content (AvgIpc) is 3.18. The van der Waals surface area contributed by atoms with Crippen LogP contribution in [0.4, 0.5) is 0 Å². The van der Waals surface area contributed by atoms with Gasteiger partial charge in [-0.2, -0.15) is 0 Å². The number of rotatable bonds is 12. The number of carboxylic acid groups (broad SMARTS) is 1. The van der Waals surface area contributed by atoms with Crippen molar-refractivity contribution in [1.82, 2.24) is 9.55 Å². The molecule has 1 heterocycles. The molecule has 0 aliphatic rings. The molecule has 0 atom stereocenters. The SMILES string of the molecule is CCCCc1nc(CO[Si](C)(C)C(C)(C)C)c(C=C(Cc2ccccc2)C(=O)O)n1Cc1ccccc1Cl. The Morgan fingerprint density at radius 1 is 1.11 bits per heavy atom. The first kappa shape index (κ1) is 29.9. The van der Waals surface area contributed by atoms with Crippen LogP contribution in [0.2, 0.25) is 23.2 Å². The zero-order valence-electron chi connectivity index (χ0n) is 23.6. The first-order valence-corrected chi connectivity index (χ1v) is 16.6. The van der Waals surface area contributed by atoms with E-state index in [1.165, 1.54) is 0 Å². The molecule has 0 amide bonds. The minimum Gasteiger partial charge on any atom is -0.478 e. The summed E-state index contributed by atoms with van der Waals surface area (Å²) < 4.78 is 8.72. The Labute approximate surface area is 233 Å². The molecular formula is C31H41ClN2O3Si. The molecule has 0 bridgehead atoms. The molecule has 0 unspecified atom stereocenters. The largest absolute Gasteiger partial charge is 0.478 e. The van der Waals surface area contributed by atoms with Gasteiger partial charge < -0.3 is 14.1 Å². The Balaban J connectivity index is 2.15. The topological polar surface area (TPSA) is 64.3 Å². The van der Waals surface area contributed by atoms with Crippen LogP contribution in [0, 0.1) is 0 Å². The lowest BCUT2D eigenvalue weighted by Gasteiger charge is -2.36. The zero-order chi connectivity index (χ0) is 27.9. The summed E-state index contributed by atoms with van der Waals surface area (Å²) >= 11 is 6.56. The molecule has 1 N–H and O–H groups in total. The first-order chi connectivity index (χ1) is 17.9. The van der Waals surface area contributed by atoms with Crippen LogP contribution in [0.3, 0.4) is 0 Å². The van der Waals surface area contributed by atoms with E-state index in [4.69, 9.17) is 21.0 Å². The third kappa shape index (κ3) is 7.68. The van der Waals surface area contributed by atoms with Crippen LogP contribution in [0.25, 0.3) is 6.08 Å². The van der Waals surface area contributed by atoms with Crippen molar-refractivity contribution in [3.8, 4) is 0 Å². The fourth-order valence-electron chi connectivity index (χ4n) is 3.97. The molecule has 2 aromatic carbocycles. The number of carbonyl (C=O) groups is 1. The highest BCUT2D eigenvalue weighted by molar-refractivity contribution is 6.74. The van der Waals surface area contributed by atoms with Crippen molar-refractivity contribution in [2.75, 3.05) is 0 Å². The highest BCUT2D eigenvalue weighted by Gasteiger charge is 2.37. The molecule has 0 saturated carbocycles. The van der Waals surface area contributed by atoms with Crippen molar-refractivity contribution in [3.63, 3.8) is 0 Å². The van der Waals surface area contributed by atoms with E-state index in [0.29, 0.717) is 30.2 Å². The van der Waals surface area contributed by atoms with Crippen molar-refractivity contribution < 1.29 is 14.3 Å². The highest BCUT2D eigenvalue weighted by Crippen LogP contribution is 2.37. The second kappa shape index (κ2) is 12.9. The summed E-state index contributed by atoms with van der Waals surface area (Å²) in [5, 5.41) is 10.9. The molecule has 38 heavy (non-hydrogen) atoms. The number of aromatic nitrogens is 2. The van der Waals surface area contributed by atoms with Crippen LogP contribution < -0.4 is 0 Å². The predicted octanol–water partition coefficient (Wildman–Crippen LogP) is 8.16. The smallest absolute Gasteiger partial charge is 0.331 e. The summed E-state index contributed by atoms with van der Waals surface area (Å²) in [5.74, 6) is -0.0120. The summed E-state index contributed by atoms with van der Waals surface area (Å²) in [5.41, 5.74) is 3.79. The molecule has 0 aliphatic heterocycles. The molecule has 204 valence electrons. The summed E-state index contributed by atoms with van der Waals surface area (Å²) in [7, 11) is -2.06. The fraction of sp³-hybridized carbons (Fsp3) is 0.419. The third-order valence-electron chi connectivity index (χ3n) is 7.40. The lowest BCUT2D eigenvalue weighted by Crippen LogP contribution is -2.40. The van der Waals surface area contributed by atoms with Gasteiger partial charge in [0.2, 0.25) is 0 Å². The number of halogens is 1. The molecule has 7 heteroatoms. The normalized spacial score (nSPS) is 12.7. The van der Waals surface area contributed by atoms with E-state index in [-0.39, 0.29) is 5.04 Å². The summed E-state index contributed by atoms with van der Waals surface area (Å²) in [6.45, 7) is 14.1. The molecule has 0 saturated heterocycles. The van der Waals surface area contributed by atoms with Gasteiger partial charge in [0.15, 0.2) is 8.32 Å². The van der Waals surface area contributed by atoms with Crippen molar-refractivity contribution >= 4 is 32.0 Å². The van der Waals surface area contributed by atoms with Crippen molar-refractivity contribution in [1.29, 1.82) is 0 Å². The standard InChI is InChI=1S/C31H41ClN2O3Si/c1-7-8-18-29-33-27(22-37-38(5,6)31(2,3)4)28(34(29)21-24-16-12-13-17-26(24)32)20-25(30(35)36)19-23-14-10-9-11-15-23/h9-17,20H,7-8,18-19,21-22H2,1-6H3,(H,35,36). The average molecular weight is 553 g/mol. The minimum absolute atomic E-state index is 0.0493. The number of aliphatic carboxylic acids is 1. The van der Waals surface area contributed by atoms with Crippen LogP contribution in [0.1, 0.15) is 68.9 Å². The number of aryl methyl sites for hydroxylation is 1. The molecular weight excluding hydrogens is 512 g/mol. The number of benzene rings is 2. The molecule has 3 rings (SSSR count). The molecule has 0 fully saturated rings. The van der Waals surface area contributed by atoms with E-state index in [9.17, 15) is 9.90 Å². The Kier molecular flexibility index (Phi) is 10.2. The van der Waals surface area contributed by atoms with Crippen LogP contribution in [0.5, 0.6) is 0 Å².